The molecule has 0 spiro atoms. The van der Waals surface area contributed by atoms with Gasteiger partial charge in [-0.25, -0.2) is 14.8 Å². The average molecular weight is 540 g/mol. The van der Waals surface area contributed by atoms with Crippen LogP contribution in [0, 0.1) is 0 Å². The first-order valence-corrected chi connectivity index (χ1v) is 13.7. The number of esters is 1. The number of carbonyl (C=O) groups excluding carboxylic acids is 2. The van der Waals surface area contributed by atoms with Crippen LogP contribution in [0.4, 0.5) is 16.3 Å². The molecule has 0 saturated heterocycles. The first-order valence-electron chi connectivity index (χ1n) is 13.7. The minimum atomic E-state index is -0.531. The smallest absolute Gasteiger partial charge is 0.407 e. The third-order valence-corrected chi connectivity index (χ3v) is 7.11. The van der Waals surface area contributed by atoms with E-state index in [2.05, 4.69) is 34.4 Å². The summed E-state index contributed by atoms with van der Waals surface area (Å²) in [6.45, 7) is 11.9. The van der Waals surface area contributed by atoms with E-state index < -0.39 is 5.60 Å². The number of hydrogen-bond acceptors (Lipinski definition) is 9. The first-order chi connectivity index (χ1) is 18.4. The second-order valence-electron chi connectivity index (χ2n) is 11.9. The number of nitrogens with zero attached hydrogens (tertiary/aromatic N) is 2. The van der Waals surface area contributed by atoms with Crippen LogP contribution in [0.1, 0.15) is 78.4 Å². The Labute approximate surface area is 230 Å². The van der Waals surface area contributed by atoms with E-state index in [4.69, 9.17) is 19.9 Å². The van der Waals surface area contributed by atoms with Crippen LogP contribution in [0.25, 0.3) is 11.3 Å². The summed E-state index contributed by atoms with van der Waals surface area (Å²) in [7, 11) is 0. The summed E-state index contributed by atoms with van der Waals surface area (Å²) in [5, 5.41) is 6.28. The monoisotopic (exact) mass is 539 g/mol. The molecule has 2 aliphatic rings. The molecule has 10 heteroatoms. The standard InChI is InChI=1S/C29H41N5O5/c1-7-37-22(35)15-31-24-20-14-29(5,6)23-25(32-16-33-26(23)30)19(20)12-13-21(24)38-18-10-8-17(9-11-18)34-27(36)39-28(2,3)4/h12-13,16-18,31H,7-11,14-15H2,1-6H3,(H,34,36)(H2,30,32,33)/t17-,18+. The SMILES string of the molecule is CCOC(=O)CNc1c(O[C@H]2CC[C@@H](NC(=O)OC(C)(C)C)CC2)ccc2c1CC(C)(C)c1c(N)ncnc1-2. The lowest BCUT2D eigenvalue weighted by molar-refractivity contribution is -0.140. The van der Waals surface area contributed by atoms with Crippen molar-refractivity contribution in [1.82, 2.24) is 15.3 Å². The van der Waals surface area contributed by atoms with E-state index in [1.165, 1.54) is 6.33 Å². The van der Waals surface area contributed by atoms with Crippen molar-refractivity contribution < 1.29 is 23.8 Å². The maximum Gasteiger partial charge on any atom is 0.407 e. The molecule has 1 amide bonds. The molecule has 4 rings (SSSR count). The number of rotatable bonds is 7. The number of benzene rings is 1. The number of nitrogens with one attached hydrogen (secondary N) is 2. The lowest BCUT2D eigenvalue weighted by Crippen LogP contribution is -2.42. The highest BCUT2D eigenvalue weighted by molar-refractivity contribution is 5.84. The second-order valence-corrected chi connectivity index (χ2v) is 11.9. The summed E-state index contributed by atoms with van der Waals surface area (Å²) in [6.07, 6.45) is 4.89. The van der Waals surface area contributed by atoms with Crippen LogP contribution in [0.5, 0.6) is 5.75 Å². The molecule has 0 aliphatic heterocycles. The highest BCUT2D eigenvalue weighted by Gasteiger charge is 2.37. The van der Waals surface area contributed by atoms with E-state index in [-0.39, 0.29) is 36.2 Å². The fraction of sp³-hybridized carbons (Fsp3) is 0.586. The van der Waals surface area contributed by atoms with Gasteiger partial charge in [0.25, 0.3) is 0 Å². The molecule has 1 saturated carbocycles. The van der Waals surface area contributed by atoms with Crippen molar-refractivity contribution in [3.05, 3.63) is 29.6 Å². The molecule has 39 heavy (non-hydrogen) atoms. The maximum atomic E-state index is 12.3. The number of fused-ring (bicyclic) bond motifs is 3. The minimum absolute atomic E-state index is 0.0202. The molecule has 1 aromatic carbocycles. The van der Waals surface area contributed by atoms with Crippen LogP contribution in [0.15, 0.2) is 18.5 Å². The fourth-order valence-electron chi connectivity index (χ4n) is 5.48. The zero-order chi connectivity index (χ0) is 28.4. The zero-order valence-corrected chi connectivity index (χ0v) is 23.8. The van der Waals surface area contributed by atoms with Gasteiger partial charge in [-0.1, -0.05) is 13.8 Å². The van der Waals surface area contributed by atoms with Crippen molar-refractivity contribution in [3.8, 4) is 17.0 Å². The van der Waals surface area contributed by atoms with Crippen LogP contribution in [-0.4, -0.2) is 52.9 Å². The van der Waals surface area contributed by atoms with E-state index in [9.17, 15) is 9.59 Å². The van der Waals surface area contributed by atoms with Crippen molar-refractivity contribution in [1.29, 1.82) is 0 Å². The van der Waals surface area contributed by atoms with Crippen LogP contribution >= 0.6 is 0 Å². The predicted octanol–water partition coefficient (Wildman–Crippen LogP) is 4.75. The summed E-state index contributed by atoms with van der Waals surface area (Å²) in [5.74, 6) is 0.827. The minimum Gasteiger partial charge on any atom is -0.488 e. The average Bonchev–Trinajstić information content (AvgIpc) is 2.83. The molecule has 1 aromatic heterocycles. The van der Waals surface area contributed by atoms with Gasteiger partial charge >= 0.3 is 12.1 Å². The number of carbonyl (C=O) groups is 2. The number of nitrogen functional groups attached to an aromatic ring is 1. The van der Waals surface area contributed by atoms with Crippen molar-refractivity contribution in [2.24, 2.45) is 0 Å². The van der Waals surface area contributed by atoms with Gasteiger partial charge < -0.3 is 30.6 Å². The fourth-order valence-corrected chi connectivity index (χ4v) is 5.48. The molecule has 2 aliphatic carbocycles. The van der Waals surface area contributed by atoms with Crippen molar-refractivity contribution >= 4 is 23.6 Å². The Bertz CT molecular complexity index is 1220. The zero-order valence-electron chi connectivity index (χ0n) is 23.8. The largest absolute Gasteiger partial charge is 0.488 e. The molecule has 0 unspecified atom stereocenters. The molecule has 0 radical (unpaired) electrons. The summed E-state index contributed by atoms with van der Waals surface area (Å²) in [5.41, 5.74) is 9.89. The van der Waals surface area contributed by atoms with Crippen molar-refractivity contribution in [2.45, 2.75) is 96.8 Å². The number of nitrogens with two attached hydrogens (primary N) is 1. The second kappa shape index (κ2) is 11.3. The van der Waals surface area contributed by atoms with Crippen LogP contribution in [0.2, 0.25) is 0 Å². The van der Waals surface area contributed by atoms with E-state index in [0.717, 1.165) is 53.8 Å². The molecule has 2 aromatic rings. The van der Waals surface area contributed by atoms with E-state index in [0.29, 0.717) is 24.6 Å². The number of anilines is 2. The van der Waals surface area contributed by atoms with E-state index in [1.807, 2.05) is 32.9 Å². The Morgan fingerprint density at radius 3 is 2.51 bits per heavy atom. The molecule has 10 nitrogen and oxygen atoms in total. The topological polar surface area (TPSA) is 138 Å². The predicted molar refractivity (Wildman–Crippen MR) is 150 cm³/mol. The van der Waals surface area contributed by atoms with Gasteiger partial charge in [-0.05, 0) is 82.9 Å². The van der Waals surface area contributed by atoms with Crippen LogP contribution in [-0.2, 0) is 26.1 Å². The van der Waals surface area contributed by atoms with Gasteiger partial charge in [0.1, 0.15) is 30.0 Å². The Morgan fingerprint density at radius 1 is 1.13 bits per heavy atom. The summed E-state index contributed by atoms with van der Waals surface area (Å²) in [4.78, 5) is 33.3. The third kappa shape index (κ3) is 6.72. The number of hydrogen-bond donors (Lipinski definition) is 3. The summed E-state index contributed by atoms with van der Waals surface area (Å²) in [6, 6.07) is 3.99. The normalized spacial score (nSPS) is 19.7. The van der Waals surface area contributed by atoms with E-state index >= 15 is 0 Å². The van der Waals surface area contributed by atoms with Gasteiger partial charge in [0.05, 0.1) is 24.1 Å². The summed E-state index contributed by atoms with van der Waals surface area (Å²) < 4.78 is 17.1. The number of ether oxygens (including phenoxy) is 3. The van der Waals surface area contributed by atoms with Crippen LogP contribution in [0.3, 0.4) is 0 Å². The maximum absolute atomic E-state index is 12.3. The highest BCUT2D eigenvalue weighted by Crippen LogP contribution is 2.48. The number of aromatic nitrogens is 2. The lowest BCUT2D eigenvalue weighted by atomic mass is 9.71. The summed E-state index contributed by atoms with van der Waals surface area (Å²) >= 11 is 0. The van der Waals surface area contributed by atoms with E-state index in [1.54, 1.807) is 6.92 Å². The molecule has 1 heterocycles. The molecule has 1 fully saturated rings. The molecule has 4 N–H and O–H groups in total. The Hall–Kier alpha value is -3.56. The number of alkyl carbamates (subject to hydrolysis) is 1. The van der Waals surface area contributed by atoms with Gasteiger partial charge in [0, 0.05) is 17.2 Å². The molecule has 0 atom stereocenters. The van der Waals surface area contributed by atoms with Crippen molar-refractivity contribution in [3.63, 3.8) is 0 Å². The third-order valence-electron chi connectivity index (χ3n) is 7.11. The Balaban J connectivity index is 1.56. The van der Waals surface area contributed by atoms with Gasteiger partial charge in [-0.2, -0.15) is 0 Å². The molecule has 212 valence electrons. The lowest BCUT2D eigenvalue weighted by Gasteiger charge is -2.36. The Kier molecular flexibility index (Phi) is 8.23. The van der Waals surface area contributed by atoms with Gasteiger partial charge in [0.2, 0.25) is 0 Å². The highest BCUT2D eigenvalue weighted by atomic mass is 16.6. The van der Waals surface area contributed by atoms with Crippen molar-refractivity contribution in [2.75, 3.05) is 24.2 Å². The first kappa shape index (κ1) is 28.4. The van der Waals surface area contributed by atoms with Gasteiger partial charge in [-0.15, -0.1) is 0 Å². The van der Waals surface area contributed by atoms with Crippen LogP contribution < -0.4 is 21.1 Å². The molecule has 0 bridgehead atoms. The Morgan fingerprint density at radius 2 is 1.85 bits per heavy atom. The molecular weight excluding hydrogens is 498 g/mol. The number of amides is 1. The van der Waals surface area contributed by atoms with Gasteiger partial charge in [0.15, 0.2) is 0 Å². The quantitative estimate of drug-likeness (QED) is 0.426. The molecular formula is C29H41N5O5. The van der Waals surface area contributed by atoms with Gasteiger partial charge in [-0.3, -0.25) is 4.79 Å².